The molecule has 1 aromatic heterocycles. The number of halogens is 2. The Morgan fingerprint density at radius 3 is 2.50 bits per heavy atom. The van der Waals surface area contributed by atoms with Gasteiger partial charge in [0.25, 0.3) is 0 Å². The Balaban J connectivity index is 2.67. The number of benzene rings is 1. The fraction of sp³-hybridized carbons (Fsp3) is 0.0833. The van der Waals surface area contributed by atoms with E-state index in [0.29, 0.717) is 10.0 Å². The molecule has 0 atom stereocenters. The normalized spacial score (nSPS) is 10.4. The Hall–Kier alpha value is -1.25. The molecule has 4 heteroatoms. The number of H-pyrrole nitrogens is 1. The second kappa shape index (κ2) is 4.32. The number of hydrogen-bond donors (Lipinski definition) is 1. The quantitative estimate of drug-likeness (QED) is 0.827. The molecule has 2 nitrogen and oxygen atoms in total. The van der Waals surface area contributed by atoms with Gasteiger partial charge in [-0.3, -0.25) is 4.79 Å². The fourth-order valence-electron chi connectivity index (χ4n) is 1.57. The fourth-order valence-corrected chi connectivity index (χ4v) is 1.96. The van der Waals surface area contributed by atoms with Crippen LogP contribution in [0.3, 0.4) is 0 Å². The molecule has 1 N–H and O–H groups in total. The summed E-state index contributed by atoms with van der Waals surface area (Å²) in [4.78, 5) is 13.8. The van der Waals surface area contributed by atoms with E-state index in [4.69, 9.17) is 23.2 Å². The van der Waals surface area contributed by atoms with Crippen molar-refractivity contribution in [2.75, 3.05) is 0 Å². The lowest BCUT2D eigenvalue weighted by Crippen LogP contribution is -2.05. The number of aryl methyl sites for hydroxylation is 1. The van der Waals surface area contributed by atoms with Gasteiger partial charge in [0.1, 0.15) is 0 Å². The van der Waals surface area contributed by atoms with Gasteiger partial charge < -0.3 is 4.98 Å². The Morgan fingerprint density at radius 2 is 1.81 bits per heavy atom. The van der Waals surface area contributed by atoms with E-state index >= 15 is 0 Å². The molecule has 82 valence electrons. The molecule has 0 saturated carbocycles. The van der Waals surface area contributed by atoms with Crippen LogP contribution in [0.4, 0.5) is 0 Å². The van der Waals surface area contributed by atoms with Crippen LogP contribution >= 0.6 is 23.2 Å². The van der Waals surface area contributed by atoms with Gasteiger partial charge in [0.2, 0.25) is 5.56 Å². The summed E-state index contributed by atoms with van der Waals surface area (Å²) >= 11 is 12.0. The number of hydrogen-bond acceptors (Lipinski definition) is 1. The van der Waals surface area contributed by atoms with Crippen LogP contribution in [-0.2, 0) is 0 Å². The molecule has 2 aromatic rings. The average molecular weight is 254 g/mol. The van der Waals surface area contributed by atoms with Crippen LogP contribution in [0.1, 0.15) is 5.69 Å². The van der Waals surface area contributed by atoms with Gasteiger partial charge in [-0.25, -0.2) is 0 Å². The van der Waals surface area contributed by atoms with E-state index < -0.39 is 0 Å². The van der Waals surface area contributed by atoms with Gasteiger partial charge in [0.05, 0.1) is 0 Å². The van der Waals surface area contributed by atoms with Crippen LogP contribution in [0.15, 0.2) is 35.1 Å². The zero-order valence-corrected chi connectivity index (χ0v) is 10.1. The van der Waals surface area contributed by atoms with Crippen molar-refractivity contribution >= 4 is 23.2 Å². The third-order valence-electron chi connectivity index (χ3n) is 2.33. The number of nitrogens with one attached hydrogen (secondary N) is 1. The van der Waals surface area contributed by atoms with Crippen molar-refractivity contribution in [2.24, 2.45) is 0 Å². The molecule has 0 unspecified atom stereocenters. The molecule has 0 saturated heterocycles. The highest BCUT2D eigenvalue weighted by Gasteiger charge is 2.07. The monoisotopic (exact) mass is 253 g/mol. The molecule has 0 spiro atoms. The van der Waals surface area contributed by atoms with Gasteiger partial charge in [0.15, 0.2) is 0 Å². The first-order valence-corrected chi connectivity index (χ1v) is 5.49. The van der Waals surface area contributed by atoms with Crippen LogP contribution < -0.4 is 5.56 Å². The van der Waals surface area contributed by atoms with Crippen molar-refractivity contribution in [3.8, 4) is 11.1 Å². The highest BCUT2D eigenvalue weighted by molar-refractivity contribution is 6.35. The van der Waals surface area contributed by atoms with Crippen LogP contribution in [0, 0.1) is 6.92 Å². The van der Waals surface area contributed by atoms with Crippen molar-refractivity contribution < 1.29 is 0 Å². The van der Waals surface area contributed by atoms with Crippen molar-refractivity contribution in [1.29, 1.82) is 0 Å². The first-order chi connectivity index (χ1) is 7.58. The number of aromatic nitrogens is 1. The number of pyridine rings is 1. The minimum absolute atomic E-state index is 0.126. The molecule has 0 bridgehead atoms. The van der Waals surface area contributed by atoms with Crippen molar-refractivity contribution in [2.45, 2.75) is 6.92 Å². The molecule has 0 amide bonds. The second-order valence-corrected chi connectivity index (χ2v) is 4.33. The molecule has 2 rings (SSSR count). The summed E-state index contributed by atoms with van der Waals surface area (Å²) in [6.45, 7) is 1.83. The lowest BCUT2D eigenvalue weighted by Gasteiger charge is -2.07. The minimum Gasteiger partial charge on any atom is -0.326 e. The molecule has 0 aliphatic heterocycles. The summed E-state index contributed by atoms with van der Waals surface area (Å²) in [5.41, 5.74) is 2.35. The molecule has 1 aromatic carbocycles. The van der Waals surface area contributed by atoms with Crippen LogP contribution in [0.5, 0.6) is 0 Å². The summed E-state index contributed by atoms with van der Waals surface area (Å²) in [5, 5.41) is 1.23. The predicted octanol–water partition coefficient (Wildman–Crippen LogP) is 3.66. The maximum Gasteiger partial charge on any atom is 0.248 e. The predicted molar refractivity (Wildman–Crippen MR) is 67.3 cm³/mol. The van der Waals surface area contributed by atoms with Crippen LogP contribution in [-0.4, -0.2) is 4.98 Å². The Bertz CT molecular complexity index is 590. The Kier molecular flexibility index (Phi) is 3.03. The van der Waals surface area contributed by atoms with E-state index in [9.17, 15) is 4.79 Å². The van der Waals surface area contributed by atoms with Gasteiger partial charge >= 0.3 is 0 Å². The smallest absolute Gasteiger partial charge is 0.248 e. The summed E-state index contributed by atoms with van der Waals surface area (Å²) in [7, 11) is 0. The number of aromatic amines is 1. The van der Waals surface area contributed by atoms with E-state index in [1.807, 2.05) is 6.92 Å². The Labute approximate surface area is 103 Å². The SMILES string of the molecule is Cc1[nH]c(=O)ccc1-c1cc(Cl)ccc1Cl. The van der Waals surface area contributed by atoms with Crippen LogP contribution in [0.25, 0.3) is 11.1 Å². The van der Waals surface area contributed by atoms with E-state index in [1.165, 1.54) is 6.07 Å². The largest absolute Gasteiger partial charge is 0.326 e. The zero-order chi connectivity index (χ0) is 11.7. The van der Waals surface area contributed by atoms with Gasteiger partial charge in [-0.1, -0.05) is 23.2 Å². The topological polar surface area (TPSA) is 32.9 Å². The summed E-state index contributed by atoms with van der Waals surface area (Å²) in [6.07, 6.45) is 0. The standard InChI is InChI=1S/C12H9Cl2NO/c1-7-9(3-5-12(16)15-7)10-6-8(13)2-4-11(10)14/h2-6H,1H3,(H,15,16). The van der Waals surface area contributed by atoms with Crippen molar-refractivity contribution in [3.05, 3.63) is 56.4 Å². The molecule has 16 heavy (non-hydrogen) atoms. The van der Waals surface area contributed by atoms with Crippen molar-refractivity contribution in [3.63, 3.8) is 0 Å². The van der Waals surface area contributed by atoms with E-state index in [1.54, 1.807) is 24.3 Å². The Morgan fingerprint density at radius 1 is 1.06 bits per heavy atom. The summed E-state index contributed by atoms with van der Waals surface area (Å²) < 4.78 is 0. The average Bonchev–Trinajstić information content (AvgIpc) is 2.22. The first kappa shape index (κ1) is 11.2. The zero-order valence-electron chi connectivity index (χ0n) is 8.55. The summed E-state index contributed by atoms with van der Waals surface area (Å²) in [6, 6.07) is 8.47. The minimum atomic E-state index is -0.126. The van der Waals surface area contributed by atoms with E-state index in [0.717, 1.165) is 16.8 Å². The molecule has 0 aliphatic rings. The van der Waals surface area contributed by atoms with Gasteiger partial charge in [-0.2, -0.15) is 0 Å². The molecular formula is C12H9Cl2NO. The van der Waals surface area contributed by atoms with Gasteiger partial charge in [-0.05, 0) is 31.2 Å². The van der Waals surface area contributed by atoms with Gasteiger partial charge in [-0.15, -0.1) is 0 Å². The van der Waals surface area contributed by atoms with Gasteiger partial charge in [0, 0.05) is 32.9 Å². The second-order valence-electron chi connectivity index (χ2n) is 3.49. The third-order valence-corrected chi connectivity index (χ3v) is 2.90. The maximum absolute atomic E-state index is 11.1. The van der Waals surface area contributed by atoms with E-state index in [2.05, 4.69) is 4.98 Å². The van der Waals surface area contributed by atoms with Crippen molar-refractivity contribution in [1.82, 2.24) is 4.98 Å². The highest BCUT2D eigenvalue weighted by atomic mass is 35.5. The highest BCUT2D eigenvalue weighted by Crippen LogP contribution is 2.31. The lowest BCUT2D eigenvalue weighted by molar-refractivity contribution is 1.15. The summed E-state index contributed by atoms with van der Waals surface area (Å²) in [5.74, 6) is 0. The first-order valence-electron chi connectivity index (χ1n) is 4.73. The molecular weight excluding hydrogens is 245 g/mol. The third kappa shape index (κ3) is 2.13. The number of rotatable bonds is 1. The lowest BCUT2D eigenvalue weighted by atomic mass is 10.0. The molecule has 1 heterocycles. The molecule has 0 radical (unpaired) electrons. The molecule has 0 aliphatic carbocycles. The van der Waals surface area contributed by atoms with Crippen LogP contribution in [0.2, 0.25) is 10.0 Å². The van der Waals surface area contributed by atoms with E-state index in [-0.39, 0.29) is 5.56 Å². The maximum atomic E-state index is 11.1. The molecule has 0 fully saturated rings.